The summed E-state index contributed by atoms with van der Waals surface area (Å²) in [5.41, 5.74) is 5.82. The van der Waals surface area contributed by atoms with E-state index < -0.39 is 11.5 Å². The van der Waals surface area contributed by atoms with Crippen molar-refractivity contribution in [3.05, 3.63) is 35.9 Å². The van der Waals surface area contributed by atoms with Gasteiger partial charge in [0.1, 0.15) is 11.0 Å². The fourth-order valence-electron chi connectivity index (χ4n) is 2.32. The summed E-state index contributed by atoms with van der Waals surface area (Å²) in [5.74, 6) is -0.448. The number of rotatable bonds is 3. The number of thiocarbonyl (C=S) groups is 1. The second-order valence-electron chi connectivity index (χ2n) is 5.35. The van der Waals surface area contributed by atoms with E-state index in [1.54, 1.807) is 13.8 Å². The van der Waals surface area contributed by atoms with E-state index in [2.05, 4.69) is 0 Å². The molecule has 2 amide bonds. The topological polar surface area (TPSA) is 63.4 Å². The van der Waals surface area contributed by atoms with Crippen molar-refractivity contribution in [2.24, 2.45) is 11.1 Å². The number of amides is 2. The number of nitrogens with zero attached hydrogens (tertiary/aromatic N) is 1. The maximum atomic E-state index is 12.3. The molecule has 2 N–H and O–H groups in total. The van der Waals surface area contributed by atoms with Crippen LogP contribution in [0.4, 0.5) is 0 Å². The molecule has 1 aliphatic heterocycles. The monoisotopic (exact) mass is 276 g/mol. The second-order valence-corrected chi connectivity index (χ2v) is 5.82. The molecule has 0 spiro atoms. The van der Waals surface area contributed by atoms with Gasteiger partial charge in [-0.1, -0.05) is 56.4 Å². The Balaban J connectivity index is 2.45. The molecule has 1 aromatic carbocycles. The van der Waals surface area contributed by atoms with Gasteiger partial charge in [0.25, 0.3) is 0 Å². The Labute approximate surface area is 117 Å². The summed E-state index contributed by atoms with van der Waals surface area (Å²) >= 11 is 5.05. The Bertz CT molecular complexity index is 540. The maximum Gasteiger partial charge on any atom is 0.236 e. The van der Waals surface area contributed by atoms with Crippen LogP contribution in [0, 0.1) is 5.41 Å². The van der Waals surface area contributed by atoms with Crippen LogP contribution >= 0.6 is 12.2 Å². The Morgan fingerprint density at radius 2 is 1.89 bits per heavy atom. The molecule has 4 nitrogen and oxygen atoms in total. The number of hydrogen-bond acceptors (Lipinski definition) is 3. The Hall–Kier alpha value is -1.75. The van der Waals surface area contributed by atoms with Crippen molar-refractivity contribution < 1.29 is 9.59 Å². The molecule has 0 saturated carbocycles. The van der Waals surface area contributed by atoms with E-state index >= 15 is 0 Å². The molecular weight excluding hydrogens is 260 g/mol. The minimum atomic E-state index is -0.686. The van der Waals surface area contributed by atoms with Gasteiger partial charge in [-0.05, 0) is 5.56 Å². The predicted octanol–water partition coefficient (Wildman–Crippen LogP) is 1.80. The van der Waals surface area contributed by atoms with Crippen LogP contribution in [0.15, 0.2) is 30.3 Å². The zero-order chi connectivity index (χ0) is 14.2. The average molecular weight is 276 g/mol. The van der Waals surface area contributed by atoms with Gasteiger partial charge in [-0.25, -0.2) is 0 Å². The van der Waals surface area contributed by atoms with Crippen molar-refractivity contribution in [1.29, 1.82) is 0 Å². The molecule has 1 atom stereocenters. The summed E-state index contributed by atoms with van der Waals surface area (Å²) in [6, 6.07) is 8.49. The summed E-state index contributed by atoms with van der Waals surface area (Å²) in [4.78, 5) is 25.8. The van der Waals surface area contributed by atoms with E-state index in [0.29, 0.717) is 0 Å². The van der Waals surface area contributed by atoms with Gasteiger partial charge in [0.05, 0.1) is 5.41 Å². The zero-order valence-corrected chi connectivity index (χ0v) is 11.7. The molecule has 2 rings (SSSR count). The molecule has 0 radical (unpaired) electrons. The van der Waals surface area contributed by atoms with Crippen molar-refractivity contribution in [2.45, 2.75) is 26.3 Å². The lowest BCUT2D eigenvalue weighted by atomic mass is 9.92. The first-order valence-electron chi connectivity index (χ1n) is 6.05. The number of carbonyl (C=O) groups excluding carboxylic acids is 2. The summed E-state index contributed by atoms with van der Waals surface area (Å²) in [6.45, 7) is 3.52. The Kier molecular flexibility index (Phi) is 3.41. The smallest absolute Gasteiger partial charge is 0.236 e. The van der Waals surface area contributed by atoms with Crippen LogP contribution in [0.1, 0.15) is 31.9 Å². The lowest BCUT2D eigenvalue weighted by Crippen LogP contribution is -2.42. The highest BCUT2D eigenvalue weighted by atomic mass is 32.1. The largest absolute Gasteiger partial charge is 0.391 e. The molecule has 1 aromatic rings. The number of likely N-dealkylation sites (tertiary alicyclic amines) is 1. The number of benzene rings is 1. The summed E-state index contributed by atoms with van der Waals surface area (Å²) in [6.07, 6.45) is 0.192. The molecule has 19 heavy (non-hydrogen) atoms. The number of hydrogen-bond donors (Lipinski definition) is 1. The van der Waals surface area contributed by atoms with Gasteiger partial charge in [0.2, 0.25) is 11.8 Å². The standard InChI is InChI=1S/C14H16N2O2S/c1-14(2)8-10(17)16(13(14)18)11(12(15)19)9-6-4-3-5-7-9/h3-7,11H,8H2,1-2H3,(H2,15,19). The number of carbonyl (C=O) groups is 2. The van der Waals surface area contributed by atoms with Crippen LogP contribution < -0.4 is 5.73 Å². The van der Waals surface area contributed by atoms with Crippen LogP contribution in [-0.2, 0) is 9.59 Å². The van der Waals surface area contributed by atoms with Crippen LogP contribution in [-0.4, -0.2) is 21.7 Å². The van der Waals surface area contributed by atoms with E-state index in [1.807, 2.05) is 30.3 Å². The fraction of sp³-hybridized carbons (Fsp3) is 0.357. The van der Waals surface area contributed by atoms with Gasteiger partial charge in [0, 0.05) is 6.42 Å². The van der Waals surface area contributed by atoms with Gasteiger partial charge in [0.15, 0.2) is 0 Å². The molecule has 1 saturated heterocycles. The number of nitrogens with two attached hydrogens (primary N) is 1. The third-order valence-electron chi connectivity index (χ3n) is 3.30. The van der Waals surface area contributed by atoms with E-state index in [4.69, 9.17) is 18.0 Å². The fourth-order valence-corrected chi connectivity index (χ4v) is 2.56. The Morgan fingerprint density at radius 3 is 2.32 bits per heavy atom. The van der Waals surface area contributed by atoms with Gasteiger partial charge in [-0.15, -0.1) is 0 Å². The van der Waals surface area contributed by atoms with Crippen molar-refractivity contribution >= 4 is 29.0 Å². The van der Waals surface area contributed by atoms with E-state index in [9.17, 15) is 9.59 Å². The molecule has 5 heteroatoms. The van der Waals surface area contributed by atoms with Crippen molar-refractivity contribution in [1.82, 2.24) is 4.90 Å². The van der Waals surface area contributed by atoms with Crippen molar-refractivity contribution in [2.75, 3.05) is 0 Å². The molecule has 0 aliphatic carbocycles. The maximum absolute atomic E-state index is 12.3. The zero-order valence-electron chi connectivity index (χ0n) is 10.9. The summed E-state index contributed by atoms with van der Waals surface area (Å²) in [7, 11) is 0. The summed E-state index contributed by atoms with van der Waals surface area (Å²) < 4.78 is 0. The molecule has 0 aromatic heterocycles. The predicted molar refractivity (Wildman–Crippen MR) is 76.2 cm³/mol. The molecular formula is C14H16N2O2S. The van der Waals surface area contributed by atoms with E-state index in [-0.39, 0.29) is 23.2 Å². The van der Waals surface area contributed by atoms with E-state index in [0.717, 1.165) is 5.56 Å². The van der Waals surface area contributed by atoms with Gasteiger partial charge in [-0.3, -0.25) is 14.5 Å². The Morgan fingerprint density at radius 1 is 1.32 bits per heavy atom. The normalized spacial score (nSPS) is 19.6. The highest BCUT2D eigenvalue weighted by Gasteiger charge is 2.48. The third kappa shape index (κ3) is 2.38. The average Bonchev–Trinajstić information content (AvgIpc) is 2.53. The van der Waals surface area contributed by atoms with Crippen LogP contribution in [0.3, 0.4) is 0 Å². The molecule has 1 unspecified atom stereocenters. The van der Waals surface area contributed by atoms with Crippen LogP contribution in [0.2, 0.25) is 0 Å². The molecule has 0 bridgehead atoms. The van der Waals surface area contributed by atoms with Crippen LogP contribution in [0.5, 0.6) is 0 Å². The minimum absolute atomic E-state index is 0.130. The third-order valence-corrected chi connectivity index (χ3v) is 3.53. The van der Waals surface area contributed by atoms with Crippen molar-refractivity contribution in [3.8, 4) is 0 Å². The highest BCUT2D eigenvalue weighted by Crippen LogP contribution is 2.37. The van der Waals surface area contributed by atoms with Gasteiger partial charge < -0.3 is 5.73 Å². The highest BCUT2D eigenvalue weighted by molar-refractivity contribution is 7.80. The molecule has 1 fully saturated rings. The first-order valence-corrected chi connectivity index (χ1v) is 6.46. The second kappa shape index (κ2) is 4.74. The molecule has 1 heterocycles. The quantitative estimate of drug-likeness (QED) is 0.675. The first kappa shape index (κ1) is 13.7. The lowest BCUT2D eigenvalue weighted by Gasteiger charge is -2.27. The van der Waals surface area contributed by atoms with Gasteiger partial charge in [-0.2, -0.15) is 0 Å². The van der Waals surface area contributed by atoms with Crippen molar-refractivity contribution in [3.63, 3.8) is 0 Å². The summed E-state index contributed by atoms with van der Waals surface area (Å²) in [5, 5.41) is 0. The van der Waals surface area contributed by atoms with Gasteiger partial charge >= 0.3 is 0 Å². The number of imide groups is 1. The molecule has 1 aliphatic rings. The first-order chi connectivity index (χ1) is 8.84. The SMILES string of the molecule is CC1(C)CC(=O)N(C(C(N)=S)c2ccccc2)C1=O. The van der Waals surface area contributed by atoms with Crippen LogP contribution in [0.25, 0.3) is 0 Å². The minimum Gasteiger partial charge on any atom is -0.391 e. The van der Waals surface area contributed by atoms with E-state index in [1.165, 1.54) is 4.90 Å². The molecule has 100 valence electrons. The lowest BCUT2D eigenvalue weighted by molar-refractivity contribution is -0.142.